The van der Waals surface area contributed by atoms with E-state index in [9.17, 15) is 0 Å². The number of hydrogen-bond donors (Lipinski definition) is 0. The average molecular weight is 246 g/mol. The third-order valence-corrected chi connectivity index (χ3v) is 4.65. The van der Waals surface area contributed by atoms with E-state index < -0.39 is 0 Å². The summed E-state index contributed by atoms with van der Waals surface area (Å²) in [5, 5.41) is 9.34. The van der Waals surface area contributed by atoms with Crippen molar-refractivity contribution in [1.29, 1.82) is 5.26 Å². The molecule has 2 rings (SSSR count). The smallest absolute Gasteiger partial charge is 0.0638 e. The molecular weight excluding hydrogens is 228 g/mol. The lowest BCUT2D eigenvalue weighted by molar-refractivity contribution is 0.262. The van der Waals surface area contributed by atoms with E-state index in [4.69, 9.17) is 5.26 Å². The molecule has 1 aliphatic heterocycles. The van der Waals surface area contributed by atoms with Gasteiger partial charge in [-0.15, -0.1) is 11.8 Å². The van der Waals surface area contributed by atoms with Gasteiger partial charge >= 0.3 is 0 Å². The fraction of sp³-hybridized carbons (Fsp3) is 0.500. The van der Waals surface area contributed by atoms with Crippen molar-refractivity contribution in [3.05, 3.63) is 29.8 Å². The van der Waals surface area contributed by atoms with Crippen molar-refractivity contribution in [2.75, 3.05) is 13.6 Å². The van der Waals surface area contributed by atoms with Gasteiger partial charge in [0.15, 0.2) is 0 Å². The number of fused-ring (bicyclic) bond motifs is 1. The molecule has 0 radical (unpaired) electrons. The number of rotatable bonds is 4. The highest BCUT2D eigenvalue weighted by Gasteiger charge is 2.24. The highest BCUT2D eigenvalue weighted by atomic mass is 32.2. The van der Waals surface area contributed by atoms with E-state index >= 15 is 0 Å². The zero-order chi connectivity index (χ0) is 12.3. The summed E-state index contributed by atoms with van der Waals surface area (Å²) in [6.07, 6.45) is 1.77. The van der Waals surface area contributed by atoms with Crippen LogP contribution in [-0.2, 0) is 6.42 Å². The number of benzene rings is 1. The van der Waals surface area contributed by atoms with Gasteiger partial charge < -0.3 is 4.90 Å². The van der Waals surface area contributed by atoms with Gasteiger partial charge in [-0.1, -0.05) is 18.2 Å². The first-order chi connectivity index (χ1) is 8.20. The zero-order valence-corrected chi connectivity index (χ0v) is 11.2. The molecule has 17 heavy (non-hydrogen) atoms. The van der Waals surface area contributed by atoms with Crippen LogP contribution < -0.4 is 0 Å². The van der Waals surface area contributed by atoms with Crippen LogP contribution in [0.5, 0.6) is 0 Å². The highest BCUT2D eigenvalue weighted by Crippen LogP contribution is 2.37. The molecule has 3 heteroatoms. The quantitative estimate of drug-likeness (QED) is 0.817. The molecule has 0 fully saturated rings. The van der Waals surface area contributed by atoms with Crippen LogP contribution >= 0.6 is 11.8 Å². The highest BCUT2D eigenvalue weighted by molar-refractivity contribution is 8.00. The van der Waals surface area contributed by atoms with Crippen LogP contribution in [0.1, 0.15) is 18.9 Å². The Morgan fingerprint density at radius 1 is 1.53 bits per heavy atom. The summed E-state index contributed by atoms with van der Waals surface area (Å²) in [6, 6.07) is 11.2. The Hall–Kier alpha value is -0.980. The van der Waals surface area contributed by atoms with Crippen LogP contribution in [0.25, 0.3) is 0 Å². The van der Waals surface area contributed by atoms with Crippen molar-refractivity contribution in [3.63, 3.8) is 0 Å². The van der Waals surface area contributed by atoms with Gasteiger partial charge in [-0.25, -0.2) is 0 Å². The van der Waals surface area contributed by atoms with Crippen LogP contribution in [0.2, 0.25) is 0 Å². The number of hydrogen-bond acceptors (Lipinski definition) is 3. The monoisotopic (exact) mass is 246 g/mol. The minimum Gasteiger partial charge on any atom is -0.302 e. The van der Waals surface area contributed by atoms with Gasteiger partial charge in [-0.05, 0) is 32.0 Å². The minimum atomic E-state index is 0.351. The van der Waals surface area contributed by atoms with E-state index in [-0.39, 0.29) is 0 Å². The van der Waals surface area contributed by atoms with E-state index in [1.54, 1.807) is 0 Å². The second-order valence-electron chi connectivity index (χ2n) is 4.70. The summed E-state index contributed by atoms with van der Waals surface area (Å²) < 4.78 is 0. The van der Waals surface area contributed by atoms with Crippen molar-refractivity contribution in [2.24, 2.45) is 0 Å². The van der Waals surface area contributed by atoms with E-state index in [1.807, 2.05) is 11.8 Å². The standard InChI is InChI=1S/C14H18N2S/c1-11(7-8-15)16(2)10-13-9-12-5-3-4-6-14(12)17-13/h3-6,11,13H,7,9-10H2,1-2H3. The molecule has 2 nitrogen and oxygen atoms in total. The van der Waals surface area contributed by atoms with Gasteiger partial charge in [0.2, 0.25) is 0 Å². The Morgan fingerprint density at radius 2 is 2.29 bits per heavy atom. The first-order valence-electron chi connectivity index (χ1n) is 6.02. The summed E-state index contributed by atoms with van der Waals surface area (Å²) in [6.45, 7) is 3.18. The van der Waals surface area contributed by atoms with Gasteiger partial charge in [0.05, 0.1) is 12.5 Å². The molecule has 0 N–H and O–H groups in total. The summed E-state index contributed by atoms with van der Waals surface area (Å²) in [5.41, 5.74) is 1.48. The molecule has 1 aliphatic rings. The molecule has 1 heterocycles. The van der Waals surface area contributed by atoms with Crippen LogP contribution in [0, 0.1) is 11.3 Å². The first-order valence-corrected chi connectivity index (χ1v) is 6.90. The van der Waals surface area contributed by atoms with Crippen LogP contribution in [0.3, 0.4) is 0 Å². The van der Waals surface area contributed by atoms with Crippen LogP contribution in [-0.4, -0.2) is 29.8 Å². The predicted molar refractivity (Wildman–Crippen MR) is 72.1 cm³/mol. The maximum atomic E-state index is 8.71. The van der Waals surface area contributed by atoms with Gasteiger partial charge in [0.1, 0.15) is 0 Å². The van der Waals surface area contributed by atoms with E-state index in [1.165, 1.54) is 10.5 Å². The Balaban J connectivity index is 1.90. The van der Waals surface area contributed by atoms with Gasteiger partial charge in [0.25, 0.3) is 0 Å². The molecule has 2 unspecified atom stereocenters. The maximum Gasteiger partial charge on any atom is 0.0638 e. The minimum absolute atomic E-state index is 0.351. The normalized spacial score (nSPS) is 20.0. The lowest BCUT2D eigenvalue weighted by Gasteiger charge is -2.25. The van der Waals surface area contributed by atoms with Gasteiger partial charge in [0, 0.05) is 22.7 Å². The molecule has 1 aromatic rings. The Labute approximate surface area is 108 Å². The summed E-state index contributed by atoms with van der Waals surface area (Å²) in [7, 11) is 2.12. The molecule has 0 spiro atoms. The summed E-state index contributed by atoms with van der Waals surface area (Å²) in [5.74, 6) is 0. The van der Waals surface area contributed by atoms with Crippen molar-refractivity contribution in [1.82, 2.24) is 4.90 Å². The first kappa shape index (κ1) is 12.5. The van der Waals surface area contributed by atoms with Gasteiger partial charge in [-0.2, -0.15) is 5.26 Å². The second kappa shape index (κ2) is 5.57. The third-order valence-electron chi connectivity index (χ3n) is 3.34. The lowest BCUT2D eigenvalue weighted by Crippen LogP contribution is -2.34. The molecule has 1 aromatic carbocycles. The van der Waals surface area contributed by atoms with Crippen molar-refractivity contribution < 1.29 is 0 Å². The lowest BCUT2D eigenvalue weighted by atomic mass is 10.1. The molecule has 0 aromatic heterocycles. The largest absolute Gasteiger partial charge is 0.302 e. The molecule has 0 amide bonds. The van der Waals surface area contributed by atoms with Gasteiger partial charge in [-0.3, -0.25) is 0 Å². The predicted octanol–water partition coefficient (Wildman–Crippen LogP) is 2.94. The Morgan fingerprint density at radius 3 is 3.00 bits per heavy atom. The average Bonchev–Trinajstić information content (AvgIpc) is 2.71. The number of nitrogens with zero attached hydrogens (tertiary/aromatic N) is 2. The third kappa shape index (κ3) is 3.02. The molecule has 0 bridgehead atoms. The van der Waals surface area contributed by atoms with Crippen LogP contribution in [0.15, 0.2) is 29.2 Å². The summed E-state index contributed by atoms with van der Waals surface area (Å²) >= 11 is 1.98. The fourth-order valence-corrected chi connectivity index (χ4v) is 3.54. The van der Waals surface area contributed by atoms with E-state index in [0.29, 0.717) is 17.7 Å². The Bertz CT molecular complexity index is 399. The van der Waals surface area contributed by atoms with Crippen molar-refractivity contribution in [3.8, 4) is 6.07 Å². The summed E-state index contributed by atoms with van der Waals surface area (Å²) in [4.78, 5) is 3.73. The van der Waals surface area contributed by atoms with E-state index in [0.717, 1.165) is 13.0 Å². The SMILES string of the molecule is CC(CC#N)N(C)CC1Cc2ccccc2S1. The molecule has 90 valence electrons. The van der Waals surface area contributed by atoms with E-state index in [2.05, 4.69) is 49.2 Å². The second-order valence-corrected chi connectivity index (χ2v) is 6.04. The van der Waals surface area contributed by atoms with Crippen molar-refractivity contribution in [2.45, 2.75) is 36.0 Å². The molecule has 2 atom stereocenters. The molecular formula is C14H18N2S. The Kier molecular flexibility index (Phi) is 4.09. The maximum absolute atomic E-state index is 8.71. The van der Waals surface area contributed by atoms with Crippen molar-refractivity contribution >= 4 is 11.8 Å². The topological polar surface area (TPSA) is 27.0 Å². The molecule has 0 saturated carbocycles. The fourth-order valence-electron chi connectivity index (χ4n) is 2.14. The van der Waals surface area contributed by atoms with Crippen LogP contribution in [0.4, 0.5) is 0 Å². The molecule has 0 saturated heterocycles. The zero-order valence-electron chi connectivity index (χ0n) is 10.4. The number of thioether (sulfide) groups is 1. The number of nitriles is 1. The molecule has 0 aliphatic carbocycles.